The second-order valence-corrected chi connectivity index (χ2v) is 5.39. The van der Waals surface area contributed by atoms with Gasteiger partial charge in [0.2, 0.25) is 0 Å². The lowest BCUT2D eigenvalue weighted by Gasteiger charge is -2.38. The molecule has 1 aromatic heterocycles. The summed E-state index contributed by atoms with van der Waals surface area (Å²) in [5, 5.41) is 0. The van der Waals surface area contributed by atoms with Gasteiger partial charge >= 0.3 is 0 Å². The van der Waals surface area contributed by atoms with Gasteiger partial charge in [0.15, 0.2) is 0 Å². The summed E-state index contributed by atoms with van der Waals surface area (Å²) in [7, 11) is 0. The molecule has 1 aliphatic rings. The summed E-state index contributed by atoms with van der Waals surface area (Å²) in [6.07, 6.45) is 6.13. The highest BCUT2D eigenvalue weighted by Gasteiger charge is 2.30. The summed E-state index contributed by atoms with van der Waals surface area (Å²) in [6.45, 7) is 8.63. The van der Waals surface area contributed by atoms with Gasteiger partial charge < -0.3 is 9.47 Å². The van der Waals surface area contributed by atoms with Crippen LogP contribution in [0.1, 0.15) is 38.3 Å². The zero-order valence-corrected chi connectivity index (χ0v) is 12.6. The van der Waals surface area contributed by atoms with Crippen molar-refractivity contribution < 1.29 is 9.47 Å². The van der Waals surface area contributed by atoms with E-state index in [1.165, 1.54) is 5.56 Å². The zero-order chi connectivity index (χ0) is 14.2. The maximum Gasteiger partial charge on any atom is 0.146 e. The number of pyridine rings is 1. The molecule has 1 atom stereocenters. The first-order valence-electron chi connectivity index (χ1n) is 7.66. The minimum absolute atomic E-state index is 0.337. The lowest BCUT2D eigenvalue weighted by molar-refractivity contribution is -0.142. The van der Waals surface area contributed by atoms with Crippen LogP contribution in [0.5, 0.6) is 0 Å². The number of hydrogen-bond acceptors (Lipinski definition) is 4. The summed E-state index contributed by atoms with van der Waals surface area (Å²) in [6, 6.07) is 4.52. The van der Waals surface area contributed by atoms with Crippen LogP contribution in [0.25, 0.3) is 0 Å². The predicted octanol–water partition coefficient (Wildman–Crippen LogP) is 2.87. The molecule has 0 N–H and O–H groups in total. The van der Waals surface area contributed by atoms with Crippen molar-refractivity contribution in [3.8, 4) is 0 Å². The summed E-state index contributed by atoms with van der Waals surface area (Å²) < 4.78 is 11.0. The van der Waals surface area contributed by atoms with Gasteiger partial charge in [0.05, 0.1) is 13.2 Å². The summed E-state index contributed by atoms with van der Waals surface area (Å²) in [5.74, 6) is 0.381. The molecule has 0 spiro atoms. The lowest BCUT2D eigenvalue weighted by Crippen LogP contribution is -2.40. The number of nitrogens with zero attached hydrogens (tertiary/aromatic N) is 2. The second kappa shape index (κ2) is 8.35. The monoisotopic (exact) mass is 278 g/mol. The fourth-order valence-corrected chi connectivity index (χ4v) is 2.98. The van der Waals surface area contributed by atoms with Gasteiger partial charge in [-0.3, -0.25) is 9.88 Å². The average Bonchev–Trinajstić information content (AvgIpc) is 2.50. The SMILES string of the molecule is CCCN(CCC)C(c1cccnc1)C1COCOC1. The van der Waals surface area contributed by atoms with Gasteiger partial charge in [-0.25, -0.2) is 0 Å². The minimum Gasteiger partial charge on any atom is -0.355 e. The van der Waals surface area contributed by atoms with Crippen molar-refractivity contribution in [2.24, 2.45) is 5.92 Å². The smallest absolute Gasteiger partial charge is 0.146 e. The topological polar surface area (TPSA) is 34.6 Å². The van der Waals surface area contributed by atoms with E-state index in [0.717, 1.165) is 39.1 Å². The van der Waals surface area contributed by atoms with Crippen LogP contribution in [0.2, 0.25) is 0 Å². The third-order valence-electron chi connectivity index (χ3n) is 3.72. The molecular weight excluding hydrogens is 252 g/mol. The fourth-order valence-electron chi connectivity index (χ4n) is 2.98. The van der Waals surface area contributed by atoms with Crippen LogP contribution < -0.4 is 0 Å². The Kier molecular flexibility index (Phi) is 6.43. The van der Waals surface area contributed by atoms with Gasteiger partial charge in [-0.1, -0.05) is 19.9 Å². The molecule has 4 nitrogen and oxygen atoms in total. The van der Waals surface area contributed by atoms with Crippen molar-refractivity contribution in [3.63, 3.8) is 0 Å². The van der Waals surface area contributed by atoms with Crippen LogP contribution in [-0.2, 0) is 9.47 Å². The van der Waals surface area contributed by atoms with E-state index in [2.05, 4.69) is 29.8 Å². The Labute approximate surface area is 122 Å². The molecule has 0 radical (unpaired) electrons. The molecule has 1 unspecified atom stereocenters. The van der Waals surface area contributed by atoms with Crippen molar-refractivity contribution in [2.75, 3.05) is 33.1 Å². The molecule has 2 rings (SSSR count). The summed E-state index contributed by atoms with van der Waals surface area (Å²) >= 11 is 0. The van der Waals surface area contributed by atoms with Gasteiger partial charge in [0.1, 0.15) is 6.79 Å². The normalized spacial score (nSPS) is 18.4. The van der Waals surface area contributed by atoms with Crippen LogP contribution in [0.3, 0.4) is 0 Å². The van der Waals surface area contributed by atoms with Gasteiger partial charge in [-0.05, 0) is 37.6 Å². The van der Waals surface area contributed by atoms with Crippen LogP contribution in [0.15, 0.2) is 24.5 Å². The molecule has 1 saturated heterocycles. The first-order chi connectivity index (χ1) is 9.86. The standard InChI is InChI=1S/C16H26N2O2/c1-3-8-18(9-4-2)16(14-6-5-7-17-10-14)15-11-19-13-20-12-15/h5-7,10,15-16H,3-4,8-9,11-13H2,1-2H3. The molecule has 1 aromatic rings. The molecule has 0 aromatic carbocycles. The molecule has 0 bridgehead atoms. The van der Waals surface area contributed by atoms with Crippen LogP contribution in [0, 0.1) is 5.92 Å². The maximum absolute atomic E-state index is 5.52. The molecule has 0 saturated carbocycles. The van der Waals surface area contributed by atoms with E-state index in [-0.39, 0.29) is 0 Å². The molecule has 2 heterocycles. The number of rotatable bonds is 7. The Bertz CT molecular complexity index is 360. The van der Waals surface area contributed by atoms with E-state index in [0.29, 0.717) is 18.8 Å². The minimum atomic E-state index is 0.337. The first-order valence-corrected chi connectivity index (χ1v) is 7.66. The molecule has 1 fully saturated rings. The first kappa shape index (κ1) is 15.4. The largest absolute Gasteiger partial charge is 0.355 e. The fraction of sp³-hybridized carbons (Fsp3) is 0.688. The highest BCUT2D eigenvalue weighted by molar-refractivity contribution is 5.15. The predicted molar refractivity (Wildman–Crippen MR) is 79.4 cm³/mol. The molecule has 0 aliphatic carbocycles. The average molecular weight is 278 g/mol. The Morgan fingerprint density at radius 3 is 2.50 bits per heavy atom. The third-order valence-corrected chi connectivity index (χ3v) is 3.72. The van der Waals surface area contributed by atoms with Crippen molar-refractivity contribution in [3.05, 3.63) is 30.1 Å². The third kappa shape index (κ3) is 4.01. The summed E-state index contributed by atoms with van der Waals surface area (Å²) in [4.78, 5) is 6.85. The molecular formula is C16H26N2O2. The summed E-state index contributed by atoms with van der Waals surface area (Å²) in [5.41, 5.74) is 1.27. The molecule has 0 amide bonds. The quantitative estimate of drug-likeness (QED) is 0.768. The van der Waals surface area contributed by atoms with Gasteiger partial charge in [0, 0.05) is 24.4 Å². The van der Waals surface area contributed by atoms with Gasteiger partial charge in [-0.15, -0.1) is 0 Å². The lowest BCUT2D eigenvalue weighted by atomic mass is 9.92. The van der Waals surface area contributed by atoms with Crippen molar-refractivity contribution in [1.29, 1.82) is 0 Å². The molecule has 4 heteroatoms. The van der Waals surface area contributed by atoms with E-state index in [1.807, 2.05) is 18.5 Å². The van der Waals surface area contributed by atoms with Crippen LogP contribution in [-0.4, -0.2) is 43.0 Å². The zero-order valence-electron chi connectivity index (χ0n) is 12.6. The van der Waals surface area contributed by atoms with Crippen molar-refractivity contribution >= 4 is 0 Å². The van der Waals surface area contributed by atoms with E-state index in [1.54, 1.807) is 0 Å². The van der Waals surface area contributed by atoms with Crippen molar-refractivity contribution in [1.82, 2.24) is 9.88 Å². The Balaban J connectivity index is 2.21. The Hall–Kier alpha value is -0.970. The molecule has 20 heavy (non-hydrogen) atoms. The Morgan fingerprint density at radius 1 is 1.25 bits per heavy atom. The van der Waals surface area contributed by atoms with E-state index >= 15 is 0 Å². The maximum atomic E-state index is 5.52. The van der Waals surface area contributed by atoms with Crippen LogP contribution >= 0.6 is 0 Å². The molecule has 112 valence electrons. The van der Waals surface area contributed by atoms with E-state index in [4.69, 9.17) is 9.47 Å². The number of hydrogen-bond donors (Lipinski definition) is 0. The van der Waals surface area contributed by atoms with E-state index in [9.17, 15) is 0 Å². The van der Waals surface area contributed by atoms with E-state index < -0.39 is 0 Å². The van der Waals surface area contributed by atoms with Crippen LogP contribution in [0.4, 0.5) is 0 Å². The second-order valence-electron chi connectivity index (χ2n) is 5.39. The number of ether oxygens (including phenoxy) is 2. The Morgan fingerprint density at radius 2 is 1.95 bits per heavy atom. The van der Waals surface area contributed by atoms with Gasteiger partial charge in [0.25, 0.3) is 0 Å². The highest BCUT2D eigenvalue weighted by Crippen LogP contribution is 2.31. The number of aromatic nitrogens is 1. The van der Waals surface area contributed by atoms with Crippen molar-refractivity contribution in [2.45, 2.75) is 32.7 Å². The highest BCUT2D eigenvalue weighted by atomic mass is 16.7. The molecule has 1 aliphatic heterocycles. The van der Waals surface area contributed by atoms with Gasteiger partial charge in [-0.2, -0.15) is 0 Å².